The predicted molar refractivity (Wildman–Crippen MR) is 57.1 cm³/mol. The molecule has 0 unspecified atom stereocenters. The van der Waals surface area contributed by atoms with E-state index in [4.69, 9.17) is 0 Å². The molecule has 0 amide bonds. The topological polar surface area (TPSA) is 0 Å². The van der Waals surface area contributed by atoms with Gasteiger partial charge in [0.1, 0.15) is 5.67 Å². The number of hydrogen-bond donors (Lipinski definition) is 0. The maximum atomic E-state index is 14.3. The van der Waals surface area contributed by atoms with Gasteiger partial charge in [-0.15, -0.1) is 0 Å². The molecule has 76 valence electrons. The van der Waals surface area contributed by atoms with E-state index in [1.165, 1.54) is 6.42 Å². The third-order valence-corrected chi connectivity index (χ3v) is 3.11. The lowest BCUT2D eigenvalue weighted by molar-refractivity contribution is 0.107. The van der Waals surface area contributed by atoms with Gasteiger partial charge in [-0.2, -0.15) is 0 Å². The summed E-state index contributed by atoms with van der Waals surface area (Å²) in [6.07, 6.45) is 5.44. The zero-order chi connectivity index (χ0) is 9.86. The zero-order valence-electron chi connectivity index (χ0n) is 8.51. The molecule has 0 bridgehead atoms. The molecular weight excluding hydrogens is 175 g/mol. The second-order valence-electron chi connectivity index (χ2n) is 4.37. The molecule has 0 radical (unpaired) electrons. The Labute approximate surface area is 85.1 Å². The van der Waals surface area contributed by atoms with Crippen molar-refractivity contribution in [3.63, 3.8) is 0 Å². The van der Waals surface area contributed by atoms with Crippen LogP contribution in [0.3, 0.4) is 0 Å². The SMILES string of the molecule is FC1(Cc2ccccc2)CCCCC1. The molecule has 0 saturated heterocycles. The summed E-state index contributed by atoms with van der Waals surface area (Å²) in [7, 11) is 0. The summed E-state index contributed by atoms with van der Waals surface area (Å²) in [5, 5.41) is 0. The van der Waals surface area contributed by atoms with E-state index in [1.54, 1.807) is 0 Å². The molecule has 0 nitrogen and oxygen atoms in total. The Kier molecular flexibility index (Phi) is 2.85. The third-order valence-electron chi connectivity index (χ3n) is 3.11. The summed E-state index contributed by atoms with van der Waals surface area (Å²) >= 11 is 0. The van der Waals surface area contributed by atoms with Crippen LogP contribution in [-0.2, 0) is 6.42 Å². The molecule has 2 rings (SSSR count). The van der Waals surface area contributed by atoms with Crippen LogP contribution in [0, 0.1) is 0 Å². The van der Waals surface area contributed by atoms with Gasteiger partial charge in [0.15, 0.2) is 0 Å². The molecule has 1 aliphatic rings. The van der Waals surface area contributed by atoms with Crippen molar-refractivity contribution in [1.82, 2.24) is 0 Å². The Balaban J connectivity index is 2.02. The van der Waals surface area contributed by atoms with Crippen LogP contribution in [0.4, 0.5) is 4.39 Å². The Morgan fingerprint density at radius 1 is 1.00 bits per heavy atom. The first-order chi connectivity index (χ1) is 6.79. The molecular formula is C13H17F. The van der Waals surface area contributed by atoms with E-state index < -0.39 is 5.67 Å². The quantitative estimate of drug-likeness (QED) is 0.666. The van der Waals surface area contributed by atoms with Gasteiger partial charge in [-0.1, -0.05) is 49.6 Å². The monoisotopic (exact) mass is 192 g/mol. The highest BCUT2D eigenvalue weighted by Crippen LogP contribution is 2.34. The van der Waals surface area contributed by atoms with Crippen LogP contribution >= 0.6 is 0 Å². The Hall–Kier alpha value is -0.850. The van der Waals surface area contributed by atoms with Crippen LogP contribution in [0.15, 0.2) is 30.3 Å². The van der Waals surface area contributed by atoms with Crippen LogP contribution in [-0.4, -0.2) is 5.67 Å². The van der Waals surface area contributed by atoms with Gasteiger partial charge in [-0.05, 0) is 18.4 Å². The average molecular weight is 192 g/mol. The highest BCUT2D eigenvalue weighted by atomic mass is 19.1. The Morgan fingerprint density at radius 3 is 2.29 bits per heavy atom. The number of alkyl halides is 1. The molecule has 14 heavy (non-hydrogen) atoms. The van der Waals surface area contributed by atoms with E-state index in [0.29, 0.717) is 6.42 Å². The normalized spacial score (nSPS) is 20.6. The lowest BCUT2D eigenvalue weighted by Gasteiger charge is -2.29. The van der Waals surface area contributed by atoms with Crippen LogP contribution in [0.25, 0.3) is 0 Å². The van der Waals surface area contributed by atoms with Gasteiger partial charge in [0.05, 0.1) is 0 Å². The zero-order valence-corrected chi connectivity index (χ0v) is 8.51. The van der Waals surface area contributed by atoms with E-state index in [0.717, 1.165) is 31.2 Å². The second-order valence-corrected chi connectivity index (χ2v) is 4.37. The highest BCUT2D eigenvalue weighted by molar-refractivity contribution is 5.17. The molecule has 0 atom stereocenters. The minimum atomic E-state index is -0.917. The maximum absolute atomic E-state index is 14.3. The number of rotatable bonds is 2. The van der Waals surface area contributed by atoms with Crippen molar-refractivity contribution in [3.8, 4) is 0 Å². The van der Waals surface area contributed by atoms with Gasteiger partial charge in [0.25, 0.3) is 0 Å². The van der Waals surface area contributed by atoms with Crippen LogP contribution in [0.1, 0.15) is 37.7 Å². The molecule has 0 aromatic heterocycles. The molecule has 1 aromatic rings. The van der Waals surface area contributed by atoms with Crippen LogP contribution < -0.4 is 0 Å². The van der Waals surface area contributed by atoms with Crippen molar-refractivity contribution in [2.75, 3.05) is 0 Å². The van der Waals surface area contributed by atoms with Crippen molar-refractivity contribution in [1.29, 1.82) is 0 Å². The maximum Gasteiger partial charge on any atom is 0.115 e. The van der Waals surface area contributed by atoms with E-state index in [2.05, 4.69) is 0 Å². The third kappa shape index (κ3) is 2.34. The predicted octanol–water partition coefficient (Wildman–Crippen LogP) is 3.90. The lowest BCUT2D eigenvalue weighted by Crippen LogP contribution is -2.28. The van der Waals surface area contributed by atoms with Crippen molar-refractivity contribution >= 4 is 0 Å². The van der Waals surface area contributed by atoms with Crippen molar-refractivity contribution < 1.29 is 4.39 Å². The van der Waals surface area contributed by atoms with Crippen LogP contribution in [0.2, 0.25) is 0 Å². The van der Waals surface area contributed by atoms with Gasteiger partial charge in [0, 0.05) is 6.42 Å². The summed E-state index contributed by atoms with van der Waals surface area (Å²) in [5.41, 5.74) is 0.219. The summed E-state index contributed by atoms with van der Waals surface area (Å²) in [6, 6.07) is 10.0. The van der Waals surface area contributed by atoms with Crippen molar-refractivity contribution in [3.05, 3.63) is 35.9 Å². The smallest absolute Gasteiger partial charge is 0.115 e. The van der Waals surface area contributed by atoms with Gasteiger partial charge in [-0.3, -0.25) is 0 Å². The molecule has 0 N–H and O–H groups in total. The summed E-state index contributed by atoms with van der Waals surface area (Å²) in [5.74, 6) is 0. The standard InChI is InChI=1S/C13H17F/c14-13(9-5-2-6-10-13)11-12-7-3-1-4-8-12/h1,3-4,7-8H,2,5-6,9-11H2. The fourth-order valence-corrected chi connectivity index (χ4v) is 2.32. The molecule has 1 saturated carbocycles. The van der Waals surface area contributed by atoms with E-state index in [-0.39, 0.29) is 0 Å². The first-order valence-corrected chi connectivity index (χ1v) is 5.51. The summed E-state index contributed by atoms with van der Waals surface area (Å²) in [6.45, 7) is 0. The fourth-order valence-electron chi connectivity index (χ4n) is 2.32. The van der Waals surface area contributed by atoms with Gasteiger partial charge in [-0.25, -0.2) is 4.39 Å². The fraction of sp³-hybridized carbons (Fsp3) is 0.538. The van der Waals surface area contributed by atoms with Crippen LogP contribution in [0.5, 0.6) is 0 Å². The molecule has 1 heteroatoms. The van der Waals surface area contributed by atoms with E-state index in [1.807, 2.05) is 30.3 Å². The first kappa shape index (κ1) is 9.70. The Bertz CT molecular complexity index is 273. The van der Waals surface area contributed by atoms with E-state index >= 15 is 0 Å². The molecule has 0 heterocycles. The van der Waals surface area contributed by atoms with Crippen molar-refractivity contribution in [2.45, 2.75) is 44.2 Å². The minimum absolute atomic E-state index is 0.605. The van der Waals surface area contributed by atoms with E-state index in [9.17, 15) is 4.39 Å². The summed E-state index contributed by atoms with van der Waals surface area (Å²) in [4.78, 5) is 0. The minimum Gasteiger partial charge on any atom is -0.244 e. The molecule has 0 aliphatic heterocycles. The van der Waals surface area contributed by atoms with Gasteiger partial charge < -0.3 is 0 Å². The number of hydrogen-bond acceptors (Lipinski definition) is 0. The van der Waals surface area contributed by atoms with Crippen molar-refractivity contribution in [2.24, 2.45) is 0 Å². The molecule has 1 fully saturated rings. The first-order valence-electron chi connectivity index (χ1n) is 5.51. The van der Waals surface area contributed by atoms with Gasteiger partial charge >= 0.3 is 0 Å². The molecule has 1 aliphatic carbocycles. The number of halogens is 1. The average Bonchev–Trinajstić information content (AvgIpc) is 2.19. The van der Waals surface area contributed by atoms with Gasteiger partial charge in [0.2, 0.25) is 0 Å². The second kappa shape index (κ2) is 4.12. The largest absolute Gasteiger partial charge is 0.244 e. The summed E-state index contributed by atoms with van der Waals surface area (Å²) < 4.78 is 14.3. The molecule has 0 spiro atoms. The lowest BCUT2D eigenvalue weighted by atomic mass is 9.82. The molecule has 1 aromatic carbocycles. The highest BCUT2D eigenvalue weighted by Gasteiger charge is 2.31. The number of benzene rings is 1. The Morgan fingerprint density at radius 2 is 1.64 bits per heavy atom.